The number of ketones is 1. The smallest absolute Gasteiger partial charge is 0.253 e. The molecule has 5 heterocycles. The first-order chi connectivity index (χ1) is 22.5. The summed E-state index contributed by atoms with van der Waals surface area (Å²) >= 11 is 0. The summed E-state index contributed by atoms with van der Waals surface area (Å²) in [5.74, 6) is -0.486. The third-order valence-electron chi connectivity index (χ3n) is 9.22. The number of carbonyl (C=O) groups is 3. The molecule has 5 aromatic rings. The van der Waals surface area contributed by atoms with Crippen LogP contribution in [0.25, 0.3) is 39.0 Å². The quantitative estimate of drug-likeness (QED) is 0.259. The van der Waals surface area contributed by atoms with Crippen molar-refractivity contribution in [1.82, 2.24) is 19.8 Å². The minimum Gasteiger partial charge on any atom is -0.378 e. The van der Waals surface area contributed by atoms with E-state index in [1.807, 2.05) is 65.6 Å². The van der Waals surface area contributed by atoms with Crippen LogP contribution in [0, 0.1) is 0 Å². The summed E-state index contributed by atoms with van der Waals surface area (Å²) in [5.41, 5.74) is 5.74. The topological polar surface area (TPSA) is 95.9 Å². The number of allylic oxidation sites excluding steroid dienone is 1. The Bertz CT molecular complexity index is 2090. The van der Waals surface area contributed by atoms with Crippen LogP contribution < -0.4 is 4.90 Å². The lowest BCUT2D eigenvalue weighted by atomic mass is 9.95. The highest BCUT2D eigenvalue weighted by atomic mass is 16.5. The van der Waals surface area contributed by atoms with Crippen LogP contribution >= 0.6 is 0 Å². The summed E-state index contributed by atoms with van der Waals surface area (Å²) in [4.78, 5) is 55.3. The highest BCUT2D eigenvalue weighted by molar-refractivity contribution is 6.26. The Morgan fingerprint density at radius 1 is 0.826 bits per heavy atom. The number of amides is 2. The van der Waals surface area contributed by atoms with E-state index >= 15 is 0 Å². The molecule has 3 aliphatic heterocycles. The van der Waals surface area contributed by atoms with Gasteiger partial charge in [-0.3, -0.25) is 29.2 Å². The molecule has 0 spiro atoms. The Labute approximate surface area is 265 Å². The second-order valence-electron chi connectivity index (χ2n) is 12.0. The molecule has 0 aliphatic carbocycles. The van der Waals surface area contributed by atoms with E-state index in [9.17, 15) is 14.4 Å². The number of rotatable bonds is 4. The van der Waals surface area contributed by atoms with E-state index in [-0.39, 0.29) is 23.3 Å². The fourth-order valence-corrected chi connectivity index (χ4v) is 6.75. The van der Waals surface area contributed by atoms with E-state index < -0.39 is 0 Å². The van der Waals surface area contributed by atoms with E-state index in [4.69, 9.17) is 9.72 Å². The van der Waals surface area contributed by atoms with E-state index in [0.29, 0.717) is 47.2 Å². The molecule has 2 saturated heterocycles. The van der Waals surface area contributed by atoms with Gasteiger partial charge in [0, 0.05) is 61.2 Å². The van der Waals surface area contributed by atoms with E-state index in [0.717, 1.165) is 53.7 Å². The van der Waals surface area contributed by atoms with Gasteiger partial charge in [-0.25, -0.2) is 4.98 Å². The summed E-state index contributed by atoms with van der Waals surface area (Å²) in [6.45, 7) is 6.00. The van der Waals surface area contributed by atoms with Crippen molar-refractivity contribution in [3.05, 3.63) is 108 Å². The maximum Gasteiger partial charge on any atom is 0.253 e. The second kappa shape index (κ2) is 11.3. The third-order valence-corrected chi connectivity index (χ3v) is 9.22. The fourth-order valence-electron chi connectivity index (χ4n) is 6.75. The first kappa shape index (κ1) is 28.2. The predicted molar refractivity (Wildman–Crippen MR) is 176 cm³/mol. The lowest BCUT2D eigenvalue weighted by Gasteiger charge is -2.42. The van der Waals surface area contributed by atoms with Gasteiger partial charge in [-0.2, -0.15) is 0 Å². The molecule has 0 radical (unpaired) electrons. The SMILES string of the molecule is CC(=O)N1C(=Cc2cc(-c3ccnc4ccccc34)c3cc(C(=O)N4CCN(C5COC5)CC4)ccc3n2)C(=O)c2ccccc21. The zero-order chi connectivity index (χ0) is 31.4. The standard InChI is InChI=1S/C37H31N5O4/c1-23(43)42-34-9-5-3-7-29(34)36(44)35(42)20-25-19-30(27-12-13-38-32-8-4-2-6-28(27)32)31-18-24(10-11-33(31)39-25)37(45)41-16-14-40(15-17-41)26-21-46-22-26/h2-13,18-20,26H,14-17,21-22H2,1H3. The monoisotopic (exact) mass is 609 g/mol. The number of nitrogens with zero attached hydrogens (tertiary/aromatic N) is 5. The lowest BCUT2D eigenvalue weighted by molar-refractivity contribution is -0.116. The van der Waals surface area contributed by atoms with Gasteiger partial charge in [0.15, 0.2) is 0 Å². The van der Waals surface area contributed by atoms with Crippen LogP contribution in [0.5, 0.6) is 0 Å². The largest absolute Gasteiger partial charge is 0.378 e. The van der Waals surface area contributed by atoms with Crippen molar-refractivity contribution in [1.29, 1.82) is 0 Å². The van der Waals surface area contributed by atoms with Crippen molar-refractivity contribution >= 4 is 51.2 Å². The second-order valence-corrected chi connectivity index (χ2v) is 12.0. The van der Waals surface area contributed by atoms with Crippen molar-refractivity contribution in [3.8, 4) is 11.1 Å². The Morgan fingerprint density at radius 2 is 1.61 bits per heavy atom. The molecule has 46 heavy (non-hydrogen) atoms. The molecule has 2 fully saturated rings. The molecular weight excluding hydrogens is 578 g/mol. The van der Waals surface area contributed by atoms with Crippen molar-refractivity contribution in [2.45, 2.75) is 13.0 Å². The van der Waals surface area contributed by atoms with Crippen molar-refractivity contribution in [3.63, 3.8) is 0 Å². The third kappa shape index (κ3) is 4.76. The Kier molecular flexibility index (Phi) is 6.92. The Morgan fingerprint density at radius 3 is 2.39 bits per heavy atom. The number of pyridine rings is 2. The summed E-state index contributed by atoms with van der Waals surface area (Å²) in [6, 6.07) is 25.0. The van der Waals surface area contributed by atoms with Gasteiger partial charge in [0.25, 0.3) is 5.91 Å². The first-order valence-corrected chi connectivity index (χ1v) is 15.5. The fraction of sp³-hybridized carbons (Fsp3) is 0.216. The number of ether oxygens (including phenoxy) is 1. The molecule has 3 aliphatic rings. The summed E-state index contributed by atoms with van der Waals surface area (Å²) in [5, 5.41) is 1.78. The molecule has 2 aromatic heterocycles. The van der Waals surface area contributed by atoms with Crippen LogP contribution in [-0.4, -0.2) is 82.8 Å². The average Bonchev–Trinajstić information content (AvgIpc) is 3.34. The number of carbonyl (C=O) groups excluding carboxylic acids is 3. The number of Topliss-reactive ketones (excluding diaryl/α,β-unsaturated/α-hetero) is 1. The number of hydrogen-bond donors (Lipinski definition) is 0. The maximum absolute atomic E-state index is 13.8. The molecule has 0 N–H and O–H groups in total. The van der Waals surface area contributed by atoms with Crippen molar-refractivity contribution in [2.75, 3.05) is 44.3 Å². The van der Waals surface area contributed by atoms with Gasteiger partial charge in [0.05, 0.1) is 47.4 Å². The van der Waals surface area contributed by atoms with Gasteiger partial charge in [0.2, 0.25) is 11.7 Å². The summed E-state index contributed by atoms with van der Waals surface area (Å²) in [7, 11) is 0. The normalized spacial score (nSPS) is 17.9. The van der Waals surface area contributed by atoms with Crippen molar-refractivity contribution in [2.24, 2.45) is 0 Å². The summed E-state index contributed by atoms with van der Waals surface area (Å²) in [6.07, 6.45) is 3.46. The Balaban J connectivity index is 1.24. The number of fused-ring (bicyclic) bond motifs is 3. The van der Waals surface area contributed by atoms with Crippen LogP contribution in [0.15, 0.2) is 90.8 Å². The molecule has 0 atom stereocenters. The molecule has 9 heteroatoms. The van der Waals surface area contributed by atoms with Gasteiger partial charge < -0.3 is 9.64 Å². The molecule has 9 nitrogen and oxygen atoms in total. The number of piperazine rings is 1. The number of aromatic nitrogens is 2. The van der Waals surface area contributed by atoms with Crippen LogP contribution in [0.4, 0.5) is 5.69 Å². The predicted octanol–water partition coefficient (Wildman–Crippen LogP) is 5.20. The molecule has 3 aromatic carbocycles. The maximum atomic E-state index is 13.8. The molecular formula is C37H31N5O4. The highest BCUT2D eigenvalue weighted by Gasteiger charge is 2.35. The molecule has 0 bridgehead atoms. The van der Waals surface area contributed by atoms with Crippen LogP contribution in [0.3, 0.4) is 0 Å². The zero-order valence-electron chi connectivity index (χ0n) is 25.3. The highest BCUT2D eigenvalue weighted by Crippen LogP contribution is 2.38. The van der Waals surface area contributed by atoms with E-state index in [1.54, 1.807) is 30.5 Å². The minimum atomic E-state index is -0.254. The van der Waals surface area contributed by atoms with Crippen LogP contribution in [-0.2, 0) is 9.53 Å². The van der Waals surface area contributed by atoms with Gasteiger partial charge in [0.1, 0.15) is 0 Å². The lowest BCUT2D eigenvalue weighted by Crippen LogP contribution is -2.57. The summed E-state index contributed by atoms with van der Waals surface area (Å²) < 4.78 is 5.36. The van der Waals surface area contributed by atoms with Crippen LogP contribution in [0.1, 0.15) is 33.3 Å². The molecule has 2 amide bonds. The average molecular weight is 610 g/mol. The van der Waals surface area contributed by atoms with Crippen molar-refractivity contribution < 1.29 is 19.1 Å². The van der Waals surface area contributed by atoms with Gasteiger partial charge in [-0.05, 0) is 65.7 Å². The van der Waals surface area contributed by atoms with E-state index in [2.05, 4.69) is 9.88 Å². The van der Waals surface area contributed by atoms with Crippen LogP contribution in [0.2, 0.25) is 0 Å². The number of anilines is 1. The van der Waals surface area contributed by atoms with E-state index in [1.165, 1.54) is 11.8 Å². The Hall–Kier alpha value is -5.25. The van der Waals surface area contributed by atoms with Gasteiger partial charge in [-0.1, -0.05) is 30.3 Å². The van der Waals surface area contributed by atoms with Gasteiger partial charge >= 0.3 is 0 Å². The molecule has 8 rings (SSSR count). The molecule has 0 saturated carbocycles. The molecule has 0 unspecified atom stereocenters. The number of hydrogen-bond acceptors (Lipinski definition) is 7. The van der Waals surface area contributed by atoms with Gasteiger partial charge in [-0.15, -0.1) is 0 Å². The zero-order valence-corrected chi connectivity index (χ0v) is 25.3. The number of para-hydroxylation sites is 2. The number of benzene rings is 3. The first-order valence-electron chi connectivity index (χ1n) is 15.5. The molecule has 228 valence electrons. The minimum absolute atomic E-state index is 0.00504.